The number of hydrogen-bond acceptors (Lipinski definition) is 7. The van der Waals surface area contributed by atoms with Crippen LogP contribution in [-0.4, -0.2) is 44.2 Å². The van der Waals surface area contributed by atoms with Crippen molar-refractivity contribution in [3.63, 3.8) is 0 Å². The number of carbonyl (C=O) groups excluding carboxylic acids is 1. The zero-order valence-corrected chi connectivity index (χ0v) is 19.3. The van der Waals surface area contributed by atoms with E-state index in [1.165, 1.54) is 16.8 Å². The summed E-state index contributed by atoms with van der Waals surface area (Å²) in [4.78, 5) is 30.6. The molecule has 4 aromatic rings. The maximum Gasteiger partial charge on any atom is 0.252 e. The normalized spacial score (nSPS) is 17.5. The van der Waals surface area contributed by atoms with E-state index in [9.17, 15) is 9.59 Å². The summed E-state index contributed by atoms with van der Waals surface area (Å²) in [6.45, 7) is 3.58. The molecule has 0 spiro atoms. The Bertz CT molecular complexity index is 1530. The standard InChI is InChI=1S/C25H24N8O2/c1-15-11-32(22-5-3-16(8-26)9-28-22)14-20(15)30-24-19(25(27)35)10-29-33-13-18(7-21(24)33)17-4-6-23(34)31(2)12-17/h3-7,9-10,12-13,15,20,30H,11,14H2,1-2H3,(H2,27,35)/t15-,20-/m1/s1. The molecule has 3 N–H and O–H groups in total. The van der Waals surface area contributed by atoms with Crippen LogP contribution in [0.15, 0.2) is 59.9 Å². The molecule has 5 rings (SSSR count). The van der Waals surface area contributed by atoms with Crippen molar-refractivity contribution in [3.05, 3.63) is 76.6 Å². The Labute approximate surface area is 201 Å². The number of nitrogens with one attached hydrogen (secondary N) is 1. The van der Waals surface area contributed by atoms with Crippen molar-refractivity contribution >= 4 is 22.9 Å². The average molecular weight is 469 g/mol. The van der Waals surface area contributed by atoms with E-state index in [-0.39, 0.29) is 17.5 Å². The largest absolute Gasteiger partial charge is 0.378 e. The molecule has 1 aliphatic rings. The van der Waals surface area contributed by atoms with Gasteiger partial charge in [-0.25, -0.2) is 9.50 Å². The molecular weight excluding hydrogens is 444 g/mol. The minimum atomic E-state index is -0.566. The summed E-state index contributed by atoms with van der Waals surface area (Å²) >= 11 is 0. The third kappa shape index (κ3) is 4.08. The first-order valence-electron chi connectivity index (χ1n) is 11.2. The predicted molar refractivity (Wildman–Crippen MR) is 132 cm³/mol. The van der Waals surface area contributed by atoms with Crippen molar-refractivity contribution in [2.45, 2.75) is 13.0 Å². The number of nitriles is 1. The Morgan fingerprint density at radius 2 is 2.00 bits per heavy atom. The van der Waals surface area contributed by atoms with Gasteiger partial charge < -0.3 is 20.5 Å². The van der Waals surface area contributed by atoms with Crippen molar-refractivity contribution in [2.24, 2.45) is 18.7 Å². The molecule has 0 radical (unpaired) electrons. The Kier molecular flexibility index (Phi) is 5.45. The van der Waals surface area contributed by atoms with Gasteiger partial charge in [-0.15, -0.1) is 0 Å². The van der Waals surface area contributed by atoms with Crippen molar-refractivity contribution in [1.29, 1.82) is 5.26 Å². The summed E-state index contributed by atoms with van der Waals surface area (Å²) in [5.41, 5.74) is 9.49. The van der Waals surface area contributed by atoms with E-state index in [0.29, 0.717) is 28.9 Å². The van der Waals surface area contributed by atoms with Gasteiger partial charge in [0.2, 0.25) is 5.56 Å². The smallest absolute Gasteiger partial charge is 0.252 e. The first kappa shape index (κ1) is 22.2. The van der Waals surface area contributed by atoms with Crippen molar-refractivity contribution in [3.8, 4) is 17.2 Å². The number of nitrogens with zero attached hydrogens (tertiary/aromatic N) is 6. The van der Waals surface area contributed by atoms with Gasteiger partial charge in [0, 0.05) is 56.4 Å². The second-order valence-electron chi connectivity index (χ2n) is 8.87. The van der Waals surface area contributed by atoms with E-state index in [1.807, 2.05) is 18.3 Å². The van der Waals surface area contributed by atoms with Gasteiger partial charge in [0.1, 0.15) is 11.9 Å². The van der Waals surface area contributed by atoms with Crippen LogP contribution in [0.1, 0.15) is 22.8 Å². The molecule has 1 aliphatic heterocycles. The summed E-state index contributed by atoms with van der Waals surface area (Å²) < 4.78 is 3.22. The van der Waals surface area contributed by atoms with Crippen LogP contribution in [0, 0.1) is 17.2 Å². The van der Waals surface area contributed by atoms with Crippen molar-refractivity contribution in [2.75, 3.05) is 23.3 Å². The summed E-state index contributed by atoms with van der Waals surface area (Å²) in [5.74, 6) is 0.484. The number of aryl methyl sites for hydroxylation is 1. The number of aromatic nitrogens is 4. The maximum absolute atomic E-state index is 12.3. The minimum absolute atomic E-state index is 0.0210. The lowest BCUT2D eigenvalue weighted by atomic mass is 10.1. The molecule has 2 atom stereocenters. The van der Waals surface area contributed by atoms with Gasteiger partial charge >= 0.3 is 0 Å². The molecule has 176 valence electrons. The van der Waals surface area contributed by atoms with E-state index >= 15 is 0 Å². The highest BCUT2D eigenvalue weighted by atomic mass is 16.1. The van der Waals surface area contributed by atoms with Crippen LogP contribution in [0.4, 0.5) is 11.5 Å². The number of fused-ring (bicyclic) bond motifs is 1. The third-order valence-electron chi connectivity index (χ3n) is 6.46. The van der Waals surface area contributed by atoms with E-state index < -0.39 is 5.91 Å². The number of hydrogen-bond donors (Lipinski definition) is 2. The highest BCUT2D eigenvalue weighted by molar-refractivity contribution is 6.02. The van der Waals surface area contributed by atoms with Gasteiger partial charge in [-0.2, -0.15) is 10.4 Å². The molecule has 5 heterocycles. The summed E-state index contributed by atoms with van der Waals surface area (Å²) in [6, 6.07) is 10.9. The van der Waals surface area contributed by atoms with Crippen LogP contribution in [0.2, 0.25) is 0 Å². The maximum atomic E-state index is 12.3. The highest BCUT2D eigenvalue weighted by Gasteiger charge is 2.32. The van der Waals surface area contributed by atoms with Gasteiger partial charge in [0.15, 0.2) is 0 Å². The van der Waals surface area contributed by atoms with Crippen LogP contribution in [0.25, 0.3) is 16.6 Å². The first-order chi connectivity index (χ1) is 16.8. The van der Waals surface area contributed by atoms with E-state index in [0.717, 1.165) is 23.5 Å². The Hall–Kier alpha value is -4.65. The zero-order valence-electron chi connectivity index (χ0n) is 19.3. The third-order valence-corrected chi connectivity index (χ3v) is 6.46. The molecule has 4 aromatic heterocycles. The Morgan fingerprint density at radius 1 is 1.17 bits per heavy atom. The summed E-state index contributed by atoms with van der Waals surface area (Å²) in [7, 11) is 1.70. The lowest BCUT2D eigenvalue weighted by Gasteiger charge is -2.21. The van der Waals surface area contributed by atoms with Crippen LogP contribution in [0.5, 0.6) is 0 Å². The van der Waals surface area contributed by atoms with E-state index in [4.69, 9.17) is 11.0 Å². The molecule has 0 aliphatic carbocycles. The van der Waals surface area contributed by atoms with Gasteiger partial charge in [-0.1, -0.05) is 6.92 Å². The van der Waals surface area contributed by atoms with Gasteiger partial charge in [-0.3, -0.25) is 9.59 Å². The fourth-order valence-corrected chi connectivity index (χ4v) is 4.48. The second kappa shape index (κ2) is 8.61. The molecule has 0 unspecified atom stereocenters. The van der Waals surface area contributed by atoms with Gasteiger partial charge in [0.05, 0.1) is 28.5 Å². The van der Waals surface area contributed by atoms with Crippen LogP contribution >= 0.6 is 0 Å². The molecular formula is C25H24N8O2. The molecule has 1 saturated heterocycles. The fourth-order valence-electron chi connectivity index (χ4n) is 4.48. The quantitative estimate of drug-likeness (QED) is 0.457. The molecule has 0 aromatic carbocycles. The number of primary amides is 1. The lowest BCUT2D eigenvalue weighted by molar-refractivity contribution is 0.100. The van der Waals surface area contributed by atoms with Crippen molar-refractivity contribution in [1.82, 2.24) is 19.2 Å². The molecule has 10 nitrogen and oxygen atoms in total. The molecule has 10 heteroatoms. The summed E-state index contributed by atoms with van der Waals surface area (Å²) in [6.07, 6.45) is 6.67. The minimum Gasteiger partial charge on any atom is -0.378 e. The molecule has 1 fully saturated rings. The monoisotopic (exact) mass is 468 g/mol. The molecule has 35 heavy (non-hydrogen) atoms. The second-order valence-corrected chi connectivity index (χ2v) is 8.87. The SMILES string of the molecule is C[C@@H]1CN(c2ccc(C#N)cn2)C[C@H]1Nc1c(C(N)=O)cnn2cc(-c3ccc(=O)n(C)c3)cc12. The topological polar surface area (TPSA) is 134 Å². The van der Waals surface area contributed by atoms with Crippen LogP contribution in [0.3, 0.4) is 0 Å². The van der Waals surface area contributed by atoms with Crippen LogP contribution < -0.4 is 21.5 Å². The Balaban J connectivity index is 1.49. The number of amides is 1. The predicted octanol–water partition coefficient (Wildman–Crippen LogP) is 2.00. The van der Waals surface area contributed by atoms with Crippen molar-refractivity contribution < 1.29 is 4.79 Å². The van der Waals surface area contributed by atoms with E-state index in [1.54, 1.807) is 36.1 Å². The average Bonchev–Trinajstić information content (AvgIpc) is 3.45. The number of carbonyl (C=O) groups is 1. The van der Waals surface area contributed by atoms with Gasteiger partial charge in [-0.05, 0) is 35.7 Å². The number of nitrogens with two attached hydrogens (primary N) is 1. The number of rotatable bonds is 5. The van der Waals surface area contributed by atoms with Crippen LogP contribution in [-0.2, 0) is 7.05 Å². The first-order valence-corrected chi connectivity index (χ1v) is 11.2. The molecule has 0 saturated carbocycles. The number of pyridine rings is 2. The fraction of sp³-hybridized carbons (Fsp3) is 0.240. The van der Waals surface area contributed by atoms with E-state index in [2.05, 4.69) is 33.3 Å². The highest BCUT2D eigenvalue weighted by Crippen LogP contribution is 2.31. The number of anilines is 2. The lowest BCUT2D eigenvalue weighted by Crippen LogP contribution is -2.30. The zero-order chi connectivity index (χ0) is 24.7. The molecule has 1 amide bonds. The van der Waals surface area contributed by atoms with Gasteiger partial charge in [0.25, 0.3) is 5.91 Å². The summed E-state index contributed by atoms with van der Waals surface area (Å²) in [5, 5.41) is 17.0. The Morgan fingerprint density at radius 3 is 2.69 bits per heavy atom. The molecule has 0 bridgehead atoms.